The van der Waals surface area contributed by atoms with Crippen molar-refractivity contribution < 1.29 is 9.90 Å². The van der Waals surface area contributed by atoms with Crippen LogP contribution in [0.4, 0.5) is 0 Å². The average molecular weight is 280 g/mol. The molecule has 20 heavy (non-hydrogen) atoms. The largest absolute Gasteiger partial charge is 0.481 e. The predicted molar refractivity (Wildman–Crippen MR) is 74.4 cm³/mol. The summed E-state index contributed by atoms with van der Waals surface area (Å²) >= 11 is 0. The van der Waals surface area contributed by atoms with Crippen LogP contribution in [0.5, 0.6) is 0 Å². The zero-order valence-electron chi connectivity index (χ0n) is 12.5. The summed E-state index contributed by atoms with van der Waals surface area (Å²) in [6.45, 7) is 6.21. The number of nitrogens with zero attached hydrogens (tertiary/aromatic N) is 4. The van der Waals surface area contributed by atoms with Crippen molar-refractivity contribution in [1.82, 2.24) is 20.2 Å². The Morgan fingerprint density at radius 2 is 2.05 bits per heavy atom. The van der Waals surface area contributed by atoms with Crippen LogP contribution in [-0.2, 0) is 10.2 Å². The van der Waals surface area contributed by atoms with Crippen LogP contribution in [-0.4, -0.2) is 31.3 Å². The first-order chi connectivity index (χ1) is 9.50. The van der Waals surface area contributed by atoms with Crippen LogP contribution < -0.4 is 0 Å². The van der Waals surface area contributed by atoms with E-state index in [-0.39, 0.29) is 23.8 Å². The Morgan fingerprint density at radius 3 is 2.55 bits per heavy atom. The molecule has 0 spiro atoms. The van der Waals surface area contributed by atoms with Gasteiger partial charge in [-0.05, 0) is 35.6 Å². The van der Waals surface area contributed by atoms with Gasteiger partial charge in [-0.25, -0.2) is 4.68 Å². The summed E-state index contributed by atoms with van der Waals surface area (Å²) in [6, 6.07) is -0.179. The summed E-state index contributed by atoms with van der Waals surface area (Å²) in [6.07, 6.45) is 5.67. The Kier molecular flexibility index (Phi) is 4.40. The van der Waals surface area contributed by atoms with Crippen LogP contribution in [0.25, 0.3) is 0 Å². The van der Waals surface area contributed by atoms with Crippen LogP contribution in [0, 0.1) is 5.92 Å². The Hall–Kier alpha value is -1.46. The first-order valence-electron chi connectivity index (χ1n) is 7.50. The third-order valence-corrected chi connectivity index (χ3v) is 4.67. The maximum Gasteiger partial charge on any atom is 0.305 e. The van der Waals surface area contributed by atoms with E-state index < -0.39 is 5.97 Å². The SMILES string of the molecule is CCC1(c2nnnn2C(CC(=O)O)C(C)C)CCCC1. The van der Waals surface area contributed by atoms with E-state index in [2.05, 4.69) is 22.4 Å². The van der Waals surface area contributed by atoms with E-state index >= 15 is 0 Å². The number of aromatic nitrogens is 4. The Labute approximate surface area is 119 Å². The Balaban J connectivity index is 2.37. The zero-order chi connectivity index (χ0) is 14.8. The number of hydrogen-bond donors (Lipinski definition) is 1. The molecule has 1 unspecified atom stereocenters. The smallest absolute Gasteiger partial charge is 0.305 e. The second-order valence-electron chi connectivity index (χ2n) is 6.20. The summed E-state index contributed by atoms with van der Waals surface area (Å²) in [7, 11) is 0. The minimum absolute atomic E-state index is 0.0368. The van der Waals surface area contributed by atoms with Crippen molar-refractivity contribution in [3.05, 3.63) is 5.82 Å². The molecule has 1 saturated carbocycles. The van der Waals surface area contributed by atoms with Crippen LogP contribution in [0.3, 0.4) is 0 Å². The van der Waals surface area contributed by atoms with E-state index in [1.54, 1.807) is 4.68 Å². The maximum atomic E-state index is 11.1. The van der Waals surface area contributed by atoms with Crippen molar-refractivity contribution in [3.63, 3.8) is 0 Å². The van der Waals surface area contributed by atoms with Crippen molar-refractivity contribution in [2.24, 2.45) is 5.92 Å². The van der Waals surface area contributed by atoms with Gasteiger partial charge in [0.2, 0.25) is 0 Å². The van der Waals surface area contributed by atoms with Crippen LogP contribution in [0.15, 0.2) is 0 Å². The molecule has 0 aromatic carbocycles. The Morgan fingerprint density at radius 1 is 1.40 bits per heavy atom. The van der Waals surface area contributed by atoms with Gasteiger partial charge < -0.3 is 5.11 Å². The van der Waals surface area contributed by atoms with E-state index in [0.29, 0.717) is 0 Å². The molecular formula is C14H24N4O2. The van der Waals surface area contributed by atoms with Gasteiger partial charge in [-0.1, -0.05) is 33.6 Å². The molecule has 1 aliphatic rings. The molecule has 112 valence electrons. The monoisotopic (exact) mass is 280 g/mol. The van der Waals surface area contributed by atoms with Crippen molar-refractivity contribution >= 4 is 5.97 Å². The number of tetrazole rings is 1. The standard InChI is InChI=1S/C14H24N4O2/c1-4-14(7-5-6-8-14)13-15-16-17-18(13)11(10(2)3)9-12(19)20/h10-11H,4-9H2,1-3H3,(H,19,20). The number of carbonyl (C=O) groups is 1. The lowest BCUT2D eigenvalue weighted by molar-refractivity contribution is -0.138. The summed E-state index contributed by atoms with van der Waals surface area (Å²) in [5.74, 6) is 0.267. The van der Waals surface area contributed by atoms with Crippen LogP contribution in [0.2, 0.25) is 0 Å². The van der Waals surface area contributed by atoms with Gasteiger partial charge in [-0.15, -0.1) is 5.10 Å². The van der Waals surface area contributed by atoms with E-state index in [4.69, 9.17) is 5.11 Å². The Bertz CT molecular complexity index is 463. The third-order valence-electron chi connectivity index (χ3n) is 4.67. The van der Waals surface area contributed by atoms with Crippen molar-refractivity contribution in [2.45, 2.75) is 70.8 Å². The minimum atomic E-state index is -0.804. The van der Waals surface area contributed by atoms with Gasteiger partial charge in [0.25, 0.3) is 0 Å². The molecule has 1 aliphatic carbocycles. The quantitative estimate of drug-likeness (QED) is 0.866. The summed E-state index contributed by atoms with van der Waals surface area (Å²) in [5, 5.41) is 21.3. The lowest BCUT2D eigenvalue weighted by atomic mass is 9.82. The normalized spacial score (nSPS) is 19.4. The van der Waals surface area contributed by atoms with Crippen molar-refractivity contribution in [2.75, 3.05) is 0 Å². The second kappa shape index (κ2) is 5.89. The van der Waals surface area contributed by atoms with Gasteiger partial charge in [0.15, 0.2) is 5.82 Å². The molecular weight excluding hydrogens is 256 g/mol. The highest BCUT2D eigenvalue weighted by molar-refractivity contribution is 5.67. The minimum Gasteiger partial charge on any atom is -0.481 e. The molecule has 1 heterocycles. The third kappa shape index (κ3) is 2.69. The highest BCUT2D eigenvalue weighted by Crippen LogP contribution is 2.43. The van der Waals surface area contributed by atoms with Crippen LogP contribution in [0.1, 0.15) is 71.2 Å². The number of aliphatic carboxylic acids is 1. The molecule has 1 aromatic rings. The topological polar surface area (TPSA) is 80.9 Å². The number of carboxylic acids is 1. The summed E-state index contributed by atoms with van der Waals surface area (Å²) < 4.78 is 1.79. The predicted octanol–water partition coefficient (Wildman–Crippen LogP) is 2.57. The van der Waals surface area contributed by atoms with Gasteiger partial charge in [0.1, 0.15) is 0 Å². The van der Waals surface area contributed by atoms with Crippen molar-refractivity contribution in [1.29, 1.82) is 0 Å². The van der Waals surface area contributed by atoms with E-state index in [1.807, 2.05) is 13.8 Å². The molecule has 1 fully saturated rings. The van der Waals surface area contributed by atoms with Gasteiger partial charge in [0, 0.05) is 5.41 Å². The van der Waals surface area contributed by atoms with Gasteiger partial charge in [-0.3, -0.25) is 4.79 Å². The highest BCUT2D eigenvalue weighted by Gasteiger charge is 2.40. The second-order valence-corrected chi connectivity index (χ2v) is 6.20. The summed E-state index contributed by atoms with van der Waals surface area (Å²) in [5.41, 5.74) is 0.0368. The molecule has 6 nitrogen and oxygen atoms in total. The number of rotatable bonds is 6. The molecule has 1 atom stereocenters. The van der Waals surface area contributed by atoms with Crippen LogP contribution >= 0.6 is 0 Å². The van der Waals surface area contributed by atoms with Gasteiger partial charge in [0.05, 0.1) is 12.5 Å². The molecule has 1 aromatic heterocycles. The fourth-order valence-electron chi connectivity index (χ4n) is 3.34. The molecule has 2 rings (SSSR count). The van der Waals surface area contributed by atoms with Crippen molar-refractivity contribution in [3.8, 4) is 0 Å². The molecule has 0 saturated heterocycles. The first-order valence-corrected chi connectivity index (χ1v) is 7.50. The summed E-state index contributed by atoms with van der Waals surface area (Å²) in [4.78, 5) is 11.1. The number of hydrogen-bond acceptors (Lipinski definition) is 4. The molecule has 0 aliphatic heterocycles. The molecule has 6 heteroatoms. The van der Waals surface area contributed by atoms with Gasteiger partial charge >= 0.3 is 5.97 Å². The number of carboxylic acid groups (broad SMARTS) is 1. The fourth-order valence-corrected chi connectivity index (χ4v) is 3.34. The zero-order valence-corrected chi connectivity index (χ0v) is 12.5. The fraction of sp³-hybridized carbons (Fsp3) is 0.857. The first kappa shape index (κ1) is 14.9. The molecule has 1 N–H and O–H groups in total. The molecule has 0 amide bonds. The molecule has 0 bridgehead atoms. The van der Waals surface area contributed by atoms with E-state index in [9.17, 15) is 4.79 Å². The lowest BCUT2D eigenvalue weighted by Crippen LogP contribution is -2.31. The highest BCUT2D eigenvalue weighted by atomic mass is 16.4. The van der Waals surface area contributed by atoms with E-state index in [1.165, 1.54) is 12.8 Å². The lowest BCUT2D eigenvalue weighted by Gasteiger charge is -2.29. The van der Waals surface area contributed by atoms with E-state index in [0.717, 1.165) is 25.1 Å². The maximum absolute atomic E-state index is 11.1. The molecule has 0 radical (unpaired) electrons. The van der Waals surface area contributed by atoms with Gasteiger partial charge in [-0.2, -0.15) is 0 Å². The average Bonchev–Trinajstić information content (AvgIpc) is 3.04.